The van der Waals surface area contributed by atoms with Crippen molar-refractivity contribution in [2.45, 2.75) is 50.7 Å². The van der Waals surface area contributed by atoms with E-state index in [1.54, 1.807) is 4.90 Å². The summed E-state index contributed by atoms with van der Waals surface area (Å²) in [5.41, 5.74) is 0. The summed E-state index contributed by atoms with van der Waals surface area (Å²) in [6.45, 7) is 1.51. The zero-order chi connectivity index (χ0) is 13.9. The van der Waals surface area contributed by atoms with Crippen LogP contribution in [0.15, 0.2) is 0 Å². The van der Waals surface area contributed by atoms with Gasteiger partial charge in [-0.05, 0) is 38.6 Å². The summed E-state index contributed by atoms with van der Waals surface area (Å²) < 4.78 is 37.5. The van der Waals surface area contributed by atoms with Gasteiger partial charge in [0, 0.05) is 25.6 Å². The molecule has 1 unspecified atom stereocenters. The standard InChI is InChI=1S/C13H21F3N2O.ClH/c14-13(15,16)10-5-8-18(9-6-10)12(19)4-3-11-2-1-7-17-11;/h10-11,17H,1-9H2;1H. The van der Waals surface area contributed by atoms with Crippen LogP contribution in [0.3, 0.4) is 0 Å². The maximum Gasteiger partial charge on any atom is 0.391 e. The Hall–Kier alpha value is -0.490. The van der Waals surface area contributed by atoms with E-state index in [0.717, 1.165) is 25.8 Å². The Labute approximate surface area is 123 Å². The quantitative estimate of drug-likeness (QED) is 0.869. The Balaban J connectivity index is 0.00000200. The zero-order valence-corrected chi connectivity index (χ0v) is 12.2. The molecular formula is C13H22ClF3N2O. The third-order valence-electron chi connectivity index (χ3n) is 4.18. The Kier molecular flexibility index (Phi) is 6.58. The number of carbonyl (C=O) groups excluding carboxylic acids is 1. The van der Waals surface area contributed by atoms with Crippen molar-refractivity contribution in [3.63, 3.8) is 0 Å². The van der Waals surface area contributed by atoms with Crippen LogP contribution in [-0.2, 0) is 4.79 Å². The lowest BCUT2D eigenvalue weighted by molar-refractivity contribution is -0.186. The molecule has 20 heavy (non-hydrogen) atoms. The first kappa shape index (κ1) is 17.6. The predicted molar refractivity (Wildman–Crippen MR) is 72.9 cm³/mol. The summed E-state index contributed by atoms with van der Waals surface area (Å²) in [5.74, 6) is -1.22. The molecule has 1 amide bonds. The smallest absolute Gasteiger partial charge is 0.343 e. The summed E-state index contributed by atoms with van der Waals surface area (Å²) in [6.07, 6.45) is -0.498. The summed E-state index contributed by atoms with van der Waals surface area (Å²) in [5, 5.41) is 3.32. The Morgan fingerprint density at radius 3 is 2.35 bits per heavy atom. The highest BCUT2D eigenvalue weighted by molar-refractivity contribution is 5.85. The van der Waals surface area contributed by atoms with Crippen LogP contribution in [0.25, 0.3) is 0 Å². The maximum atomic E-state index is 12.5. The van der Waals surface area contributed by atoms with Crippen molar-refractivity contribution in [3.8, 4) is 0 Å². The minimum atomic E-state index is -4.11. The highest BCUT2D eigenvalue weighted by Gasteiger charge is 2.41. The van der Waals surface area contributed by atoms with E-state index in [-0.39, 0.29) is 44.2 Å². The van der Waals surface area contributed by atoms with Crippen molar-refractivity contribution in [2.75, 3.05) is 19.6 Å². The molecule has 0 aromatic carbocycles. The average molecular weight is 315 g/mol. The number of amides is 1. The van der Waals surface area contributed by atoms with Crippen LogP contribution in [0.2, 0.25) is 0 Å². The molecule has 0 aliphatic carbocycles. The molecule has 0 aromatic rings. The fourth-order valence-electron chi connectivity index (χ4n) is 2.92. The highest BCUT2D eigenvalue weighted by atomic mass is 35.5. The monoisotopic (exact) mass is 314 g/mol. The second-order valence-corrected chi connectivity index (χ2v) is 5.53. The maximum absolute atomic E-state index is 12.5. The van der Waals surface area contributed by atoms with Gasteiger partial charge in [0.25, 0.3) is 0 Å². The van der Waals surface area contributed by atoms with Gasteiger partial charge in [0.1, 0.15) is 0 Å². The molecule has 2 saturated heterocycles. The number of carbonyl (C=O) groups is 1. The van der Waals surface area contributed by atoms with E-state index in [2.05, 4.69) is 5.32 Å². The number of likely N-dealkylation sites (tertiary alicyclic amines) is 1. The molecule has 0 spiro atoms. The van der Waals surface area contributed by atoms with Crippen LogP contribution < -0.4 is 5.32 Å². The summed E-state index contributed by atoms with van der Waals surface area (Å²) in [4.78, 5) is 13.5. The average Bonchev–Trinajstić information content (AvgIpc) is 2.88. The van der Waals surface area contributed by atoms with Crippen molar-refractivity contribution in [3.05, 3.63) is 0 Å². The van der Waals surface area contributed by atoms with Crippen LogP contribution in [0.4, 0.5) is 13.2 Å². The largest absolute Gasteiger partial charge is 0.391 e. The lowest BCUT2D eigenvalue weighted by atomic mass is 9.96. The molecule has 0 aromatic heterocycles. The SMILES string of the molecule is Cl.O=C(CCC1CCCN1)N1CCC(C(F)(F)F)CC1. The molecule has 0 radical (unpaired) electrons. The van der Waals surface area contributed by atoms with Gasteiger partial charge in [0.2, 0.25) is 5.91 Å². The molecule has 1 N–H and O–H groups in total. The fraction of sp³-hybridized carbons (Fsp3) is 0.923. The highest BCUT2D eigenvalue weighted by Crippen LogP contribution is 2.34. The molecular weight excluding hydrogens is 293 g/mol. The third kappa shape index (κ3) is 4.81. The van der Waals surface area contributed by atoms with Crippen LogP contribution in [0.5, 0.6) is 0 Å². The van der Waals surface area contributed by atoms with Crippen LogP contribution in [0, 0.1) is 5.92 Å². The first-order chi connectivity index (χ1) is 8.97. The van der Waals surface area contributed by atoms with Gasteiger partial charge in [-0.3, -0.25) is 4.79 Å². The molecule has 2 aliphatic rings. The molecule has 2 aliphatic heterocycles. The van der Waals surface area contributed by atoms with E-state index >= 15 is 0 Å². The third-order valence-corrected chi connectivity index (χ3v) is 4.18. The molecule has 2 fully saturated rings. The number of piperidine rings is 1. The van der Waals surface area contributed by atoms with Gasteiger partial charge in [-0.2, -0.15) is 13.2 Å². The molecule has 7 heteroatoms. The van der Waals surface area contributed by atoms with Crippen molar-refractivity contribution in [1.82, 2.24) is 10.2 Å². The first-order valence-corrected chi connectivity index (χ1v) is 7.04. The number of halogens is 4. The fourth-order valence-corrected chi connectivity index (χ4v) is 2.92. The van der Waals surface area contributed by atoms with Gasteiger partial charge in [-0.1, -0.05) is 0 Å². The van der Waals surface area contributed by atoms with Gasteiger partial charge in [0.05, 0.1) is 5.92 Å². The van der Waals surface area contributed by atoms with Gasteiger partial charge in [-0.25, -0.2) is 0 Å². The molecule has 2 rings (SSSR count). The van der Waals surface area contributed by atoms with E-state index in [1.165, 1.54) is 0 Å². The van der Waals surface area contributed by atoms with Crippen molar-refractivity contribution in [2.24, 2.45) is 5.92 Å². The molecule has 1 atom stereocenters. The van der Waals surface area contributed by atoms with E-state index < -0.39 is 12.1 Å². The number of hydrogen-bond donors (Lipinski definition) is 1. The van der Waals surface area contributed by atoms with Crippen molar-refractivity contribution < 1.29 is 18.0 Å². The van der Waals surface area contributed by atoms with Gasteiger partial charge < -0.3 is 10.2 Å². The molecule has 2 heterocycles. The van der Waals surface area contributed by atoms with Gasteiger partial charge in [-0.15, -0.1) is 12.4 Å². The summed E-state index contributed by atoms with van der Waals surface area (Å²) in [7, 11) is 0. The number of rotatable bonds is 3. The second kappa shape index (κ2) is 7.50. The van der Waals surface area contributed by atoms with E-state index in [9.17, 15) is 18.0 Å². The van der Waals surface area contributed by atoms with Crippen LogP contribution in [-0.4, -0.2) is 42.7 Å². The molecule has 3 nitrogen and oxygen atoms in total. The van der Waals surface area contributed by atoms with Gasteiger partial charge in [0.15, 0.2) is 0 Å². The number of nitrogens with one attached hydrogen (secondary N) is 1. The molecule has 0 saturated carbocycles. The number of alkyl halides is 3. The lowest BCUT2D eigenvalue weighted by Gasteiger charge is -2.33. The first-order valence-electron chi connectivity index (χ1n) is 7.04. The topological polar surface area (TPSA) is 32.3 Å². The van der Waals surface area contributed by atoms with Crippen molar-refractivity contribution in [1.29, 1.82) is 0 Å². The molecule has 0 bridgehead atoms. The number of hydrogen-bond acceptors (Lipinski definition) is 2. The number of nitrogens with zero attached hydrogens (tertiary/aromatic N) is 1. The van der Waals surface area contributed by atoms with Crippen molar-refractivity contribution >= 4 is 18.3 Å². The van der Waals surface area contributed by atoms with E-state index in [0.29, 0.717) is 12.5 Å². The minimum Gasteiger partial charge on any atom is -0.343 e. The summed E-state index contributed by atoms with van der Waals surface area (Å²) in [6, 6.07) is 0.414. The Morgan fingerprint density at radius 2 is 1.85 bits per heavy atom. The predicted octanol–water partition coefficient (Wildman–Crippen LogP) is 2.74. The lowest BCUT2D eigenvalue weighted by Crippen LogP contribution is -2.42. The van der Waals surface area contributed by atoms with Crippen LogP contribution in [0.1, 0.15) is 38.5 Å². The van der Waals surface area contributed by atoms with Gasteiger partial charge >= 0.3 is 6.18 Å². The Morgan fingerprint density at radius 1 is 1.20 bits per heavy atom. The second-order valence-electron chi connectivity index (χ2n) is 5.53. The summed E-state index contributed by atoms with van der Waals surface area (Å²) >= 11 is 0. The van der Waals surface area contributed by atoms with Crippen LogP contribution >= 0.6 is 12.4 Å². The minimum absolute atomic E-state index is 0. The van der Waals surface area contributed by atoms with E-state index in [4.69, 9.17) is 0 Å². The zero-order valence-electron chi connectivity index (χ0n) is 11.4. The normalized spacial score (nSPS) is 24.6. The Bertz CT molecular complexity index is 311. The van der Waals surface area contributed by atoms with E-state index in [1.807, 2.05) is 0 Å². The molecule has 118 valence electrons.